The van der Waals surface area contributed by atoms with E-state index in [0.29, 0.717) is 6.54 Å². The number of hydrogen-bond donors (Lipinski definition) is 0. The highest BCUT2D eigenvalue weighted by atomic mass is 15.5. The molecule has 0 fully saturated rings. The van der Waals surface area contributed by atoms with Crippen molar-refractivity contribution in [2.75, 3.05) is 7.05 Å². The van der Waals surface area contributed by atoms with E-state index in [2.05, 4.69) is 58.7 Å². The quantitative estimate of drug-likeness (QED) is 0.725. The van der Waals surface area contributed by atoms with Gasteiger partial charge in [0.15, 0.2) is 5.82 Å². The summed E-state index contributed by atoms with van der Waals surface area (Å²) >= 11 is 0. The Balaban J connectivity index is 1.71. The summed E-state index contributed by atoms with van der Waals surface area (Å²) in [6.07, 6.45) is 0. The molecule has 5 nitrogen and oxygen atoms in total. The fourth-order valence-electron chi connectivity index (χ4n) is 2.38. The van der Waals surface area contributed by atoms with Crippen LogP contribution in [0.15, 0.2) is 54.6 Å². The van der Waals surface area contributed by atoms with Crippen molar-refractivity contribution in [3.8, 4) is 5.69 Å². The van der Waals surface area contributed by atoms with Crippen LogP contribution in [0.1, 0.15) is 17.0 Å². The first-order valence-corrected chi connectivity index (χ1v) is 7.29. The van der Waals surface area contributed by atoms with Crippen LogP contribution in [0.3, 0.4) is 0 Å². The second-order valence-corrected chi connectivity index (χ2v) is 5.50. The average Bonchev–Trinajstić information content (AvgIpc) is 2.98. The van der Waals surface area contributed by atoms with E-state index in [9.17, 15) is 0 Å². The predicted molar refractivity (Wildman–Crippen MR) is 85.5 cm³/mol. The van der Waals surface area contributed by atoms with Crippen molar-refractivity contribution in [1.29, 1.82) is 0 Å². The number of aryl methyl sites for hydroxylation is 1. The van der Waals surface area contributed by atoms with Crippen LogP contribution in [0, 0.1) is 6.92 Å². The van der Waals surface area contributed by atoms with Gasteiger partial charge in [0, 0.05) is 6.54 Å². The fraction of sp³-hybridized carbons (Fsp3) is 0.235. The van der Waals surface area contributed by atoms with Gasteiger partial charge in [-0.2, -0.15) is 4.68 Å². The van der Waals surface area contributed by atoms with Crippen LogP contribution in [0.2, 0.25) is 0 Å². The molecule has 0 spiro atoms. The number of rotatable bonds is 5. The first-order valence-electron chi connectivity index (χ1n) is 7.29. The Bertz CT molecular complexity index is 718. The molecule has 2 aromatic carbocycles. The number of para-hydroxylation sites is 1. The molecule has 22 heavy (non-hydrogen) atoms. The lowest BCUT2D eigenvalue weighted by Gasteiger charge is -2.16. The number of aromatic nitrogens is 4. The van der Waals surface area contributed by atoms with Gasteiger partial charge >= 0.3 is 0 Å². The summed E-state index contributed by atoms with van der Waals surface area (Å²) < 4.78 is 1.78. The SMILES string of the molecule is Cc1ccc(CN(C)Cc2nnnn2-c2ccccc2)cc1. The van der Waals surface area contributed by atoms with E-state index in [1.807, 2.05) is 30.3 Å². The summed E-state index contributed by atoms with van der Waals surface area (Å²) in [7, 11) is 2.07. The highest BCUT2D eigenvalue weighted by molar-refractivity contribution is 5.30. The highest BCUT2D eigenvalue weighted by Crippen LogP contribution is 2.11. The lowest BCUT2D eigenvalue weighted by molar-refractivity contribution is 0.307. The van der Waals surface area contributed by atoms with E-state index in [4.69, 9.17) is 0 Å². The Labute approximate surface area is 130 Å². The number of hydrogen-bond acceptors (Lipinski definition) is 4. The van der Waals surface area contributed by atoms with Gasteiger partial charge in [0.25, 0.3) is 0 Å². The maximum atomic E-state index is 4.15. The van der Waals surface area contributed by atoms with Gasteiger partial charge < -0.3 is 0 Å². The standard InChI is InChI=1S/C17H19N5/c1-14-8-10-15(11-9-14)12-21(2)13-17-18-19-20-22(17)16-6-4-3-5-7-16/h3-11H,12-13H2,1-2H3. The van der Waals surface area contributed by atoms with Crippen LogP contribution in [-0.4, -0.2) is 32.2 Å². The molecule has 0 aliphatic carbocycles. The monoisotopic (exact) mass is 293 g/mol. The van der Waals surface area contributed by atoms with E-state index in [-0.39, 0.29) is 0 Å². The smallest absolute Gasteiger partial charge is 0.170 e. The lowest BCUT2D eigenvalue weighted by Crippen LogP contribution is -2.20. The highest BCUT2D eigenvalue weighted by Gasteiger charge is 2.11. The molecular weight excluding hydrogens is 274 g/mol. The van der Waals surface area contributed by atoms with Crippen LogP contribution in [-0.2, 0) is 13.1 Å². The second kappa shape index (κ2) is 6.49. The third-order valence-electron chi connectivity index (χ3n) is 3.52. The third kappa shape index (κ3) is 3.38. The third-order valence-corrected chi connectivity index (χ3v) is 3.52. The maximum Gasteiger partial charge on any atom is 0.170 e. The van der Waals surface area contributed by atoms with Crippen LogP contribution >= 0.6 is 0 Å². The summed E-state index contributed by atoms with van der Waals surface area (Å²) in [6, 6.07) is 18.5. The molecule has 3 aromatic rings. The number of tetrazole rings is 1. The molecule has 0 bridgehead atoms. The van der Waals surface area contributed by atoms with E-state index < -0.39 is 0 Å². The van der Waals surface area contributed by atoms with Crippen molar-refractivity contribution < 1.29 is 0 Å². The van der Waals surface area contributed by atoms with Gasteiger partial charge in [-0.25, -0.2) is 0 Å². The minimum Gasteiger partial charge on any atom is -0.295 e. The van der Waals surface area contributed by atoms with Gasteiger partial charge in [-0.15, -0.1) is 5.10 Å². The van der Waals surface area contributed by atoms with Crippen molar-refractivity contribution in [3.05, 3.63) is 71.5 Å². The molecule has 5 heteroatoms. The zero-order valence-electron chi connectivity index (χ0n) is 12.8. The summed E-state index contributed by atoms with van der Waals surface area (Å²) in [5, 5.41) is 12.0. The molecule has 0 saturated carbocycles. The Hall–Kier alpha value is -2.53. The van der Waals surface area contributed by atoms with Crippen molar-refractivity contribution in [2.45, 2.75) is 20.0 Å². The molecule has 0 atom stereocenters. The molecule has 0 N–H and O–H groups in total. The van der Waals surface area contributed by atoms with Crippen molar-refractivity contribution >= 4 is 0 Å². The maximum absolute atomic E-state index is 4.15. The number of nitrogens with zero attached hydrogens (tertiary/aromatic N) is 5. The Kier molecular flexibility index (Phi) is 4.25. The molecule has 3 rings (SSSR count). The largest absolute Gasteiger partial charge is 0.295 e. The van der Waals surface area contributed by atoms with E-state index >= 15 is 0 Å². The molecule has 0 amide bonds. The zero-order chi connectivity index (χ0) is 15.4. The first-order chi connectivity index (χ1) is 10.7. The van der Waals surface area contributed by atoms with Crippen molar-refractivity contribution in [3.63, 3.8) is 0 Å². The van der Waals surface area contributed by atoms with Gasteiger partial charge in [0.05, 0.1) is 12.2 Å². The van der Waals surface area contributed by atoms with Gasteiger partial charge in [-0.05, 0) is 42.1 Å². The van der Waals surface area contributed by atoms with E-state index in [0.717, 1.165) is 18.1 Å². The van der Waals surface area contributed by atoms with Gasteiger partial charge in [0.2, 0.25) is 0 Å². The first kappa shape index (κ1) is 14.4. The molecular formula is C17H19N5. The van der Waals surface area contributed by atoms with Crippen LogP contribution in [0.5, 0.6) is 0 Å². The fourth-order valence-corrected chi connectivity index (χ4v) is 2.38. The van der Waals surface area contributed by atoms with E-state index in [1.54, 1.807) is 4.68 Å². The molecule has 0 saturated heterocycles. The lowest BCUT2D eigenvalue weighted by atomic mass is 10.1. The summed E-state index contributed by atoms with van der Waals surface area (Å²) in [5.41, 5.74) is 3.54. The zero-order valence-corrected chi connectivity index (χ0v) is 12.8. The van der Waals surface area contributed by atoms with E-state index in [1.165, 1.54) is 11.1 Å². The Morgan fingerprint density at radius 1 is 0.955 bits per heavy atom. The van der Waals surface area contributed by atoms with Gasteiger partial charge in [0.1, 0.15) is 0 Å². The Morgan fingerprint density at radius 3 is 2.41 bits per heavy atom. The molecule has 0 radical (unpaired) electrons. The minimum absolute atomic E-state index is 0.690. The van der Waals surface area contributed by atoms with Crippen molar-refractivity contribution in [1.82, 2.24) is 25.1 Å². The molecule has 0 aliphatic heterocycles. The van der Waals surface area contributed by atoms with Crippen molar-refractivity contribution in [2.24, 2.45) is 0 Å². The number of benzene rings is 2. The molecule has 1 heterocycles. The summed E-state index contributed by atoms with van der Waals surface area (Å²) in [4.78, 5) is 2.20. The topological polar surface area (TPSA) is 46.8 Å². The second-order valence-electron chi connectivity index (χ2n) is 5.50. The van der Waals surface area contributed by atoms with Crippen LogP contribution < -0.4 is 0 Å². The van der Waals surface area contributed by atoms with Gasteiger partial charge in [-0.3, -0.25) is 4.90 Å². The molecule has 0 aliphatic rings. The molecule has 1 aromatic heterocycles. The van der Waals surface area contributed by atoms with Crippen LogP contribution in [0.4, 0.5) is 0 Å². The van der Waals surface area contributed by atoms with Crippen LogP contribution in [0.25, 0.3) is 5.69 Å². The van der Waals surface area contributed by atoms with Gasteiger partial charge in [-0.1, -0.05) is 48.0 Å². The summed E-state index contributed by atoms with van der Waals surface area (Å²) in [6.45, 7) is 3.65. The molecule has 0 unspecified atom stereocenters. The molecule has 112 valence electrons. The average molecular weight is 293 g/mol. The Morgan fingerprint density at radius 2 is 1.68 bits per heavy atom. The normalized spacial score (nSPS) is 11.0. The summed E-state index contributed by atoms with van der Waals surface area (Å²) in [5.74, 6) is 0.834. The minimum atomic E-state index is 0.690. The predicted octanol–water partition coefficient (Wildman–Crippen LogP) is 2.60.